The van der Waals surface area contributed by atoms with Gasteiger partial charge in [-0.05, 0) is 43.2 Å². The Kier molecular flexibility index (Phi) is 3.03. The molecule has 1 aromatic carbocycles. The summed E-state index contributed by atoms with van der Waals surface area (Å²) in [5.74, 6) is -0.300. The number of carbonyl (C=O) groups is 1. The van der Waals surface area contributed by atoms with Gasteiger partial charge in [0.15, 0.2) is 0 Å². The minimum Gasteiger partial charge on any atom is -0.337 e. The van der Waals surface area contributed by atoms with Crippen LogP contribution >= 0.6 is 0 Å². The lowest BCUT2D eigenvalue weighted by Crippen LogP contribution is -2.27. The molecule has 0 atom stereocenters. The number of nitrogens with zero attached hydrogens (tertiary/aromatic N) is 2. The normalized spacial score (nSPS) is 14.9. The summed E-state index contributed by atoms with van der Waals surface area (Å²) in [6, 6.07) is 7.77. The SMILES string of the molecule is O=C(c1cc(-c2ccc(F)cc2)n[nH]1)N1CCCC1. The Morgan fingerprint density at radius 1 is 1.21 bits per heavy atom. The predicted octanol–water partition coefficient (Wildman–Crippen LogP) is 2.45. The van der Waals surface area contributed by atoms with Crippen LogP contribution in [0, 0.1) is 5.82 Å². The molecule has 1 amide bonds. The van der Waals surface area contributed by atoms with Crippen molar-refractivity contribution in [3.63, 3.8) is 0 Å². The molecule has 0 bridgehead atoms. The minimum absolute atomic E-state index is 0.0154. The van der Waals surface area contributed by atoms with Crippen molar-refractivity contribution < 1.29 is 9.18 Å². The molecule has 98 valence electrons. The van der Waals surface area contributed by atoms with Crippen molar-refractivity contribution in [1.82, 2.24) is 15.1 Å². The quantitative estimate of drug-likeness (QED) is 0.900. The van der Waals surface area contributed by atoms with Crippen molar-refractivity contribution in [2.24, 2.45) is 0 Å². The summed E-state index contributed by atoms with van der Waals surface area (Å²) in [7, 11) is 0. The molecule has 0 saturated carbocycles. The van der Waals surface area contributed by atoms with E-state index < -0.39 is 0 Å². The second-order valence-corrected chi connectivity index (χ2v) is 4.67. The van der Waals surface area contributed by atoms with Crippen molar-refractivity contribution in [2.75, 3.05) is 13.1 Å². The van der Waals surface area contributed by atoms with E-state index >= 15 is 0 Å². The number of halogens is 1. The molecule has 0 unspecified atom stereocenters. The number of benzene rings is 1. The van der Waals surface area contributed by atoms with Crippen molar-refractivity contribution >= 4 is 5.91 Å². The maximum Gasteiger partial charge on any atom is 0.271 e. The first-order chi connectivity index (χ1) is 9.24. The van der Waals surface area contributed by atoms with Gasteiger partial charge in [-0.1, -0.05) is 0 Å². The number of hydrogen-bond donors (Lipinski definition) is 1. The number of aromatic amines is 1. The number of carbonyl (C=O) groups excluding carboxylic acids is 1. The van der Waals surface area contributed by atoms with Crippen LogP contribution in [0.15, 0.2) is 30.3 Å². The average Bonchev–Trinajstić information content (AvgIpc) is 3.10. The second kappa shape index (κ2) is 4.84. The Bertz CT molecular complexity index is 585. The fourth-order valence-electron chi connectivity index (χ4n) is 2.29. The van der Waals surface area contributed by atoms with Crippen LogP contribution < -0.4 is 0 Å². The third-order valence-electron chi connectivity index (χ3n) is 3.34. The smallest absolute Gasteiger partial charge is 0.271 e. The summed E-state index contributed by atoms with van der Waals surface area (Å²) < 4.78 is 12.9. The molecule has 2 heterocycles. The van der Waals surface area contributed by atoms with Crippen molar-refractivity contribution in [2.45, 2.75) is 12.8 Å². The molecule has 3 rings (SSSR count). The van der Waals surface area contributed by atoms with Crippen LogP contribution in [0.25, 0.3) is 11.3 Å². The van der Waals surface area contributed by atoms with E-state index in [0.717, 1.165) is 31.5 Å². The fraction of sp³-hybridized carbons (Fsp3) is 0.286. The van der Waals surface area contributed by atoms with E-state index in [-0.39, 0.29) is 11.7 Å². The third kappa shape index (κ3) is 2.36. The Morgan fingerprint density at radius 2 is 1.89 bits per heavy atom. The zero-order valence-corrected chi connectivity index (χ0v) is 10.4. The molecule has 1 aliphatic rings. The van der Waals surface area contributed by atoms with Gasteiger partial charge in [0.25, 0.3) is 5.91 Å². The van der Waals surface area contributed by atoms with Crippen LogP contribution in [0.2, 0.25) is 0 Å². The zero-order valence-electron chi connectivity index (χ0n) is 10.4. The van der Waals surface area contributed by atoms with Gasteiger partial charge in [-0.3, -0.25) is 9.89 Å². The van der Waals surface area contributed by atoms with Crippen LogP contribution in [-0.2, 0) is 0 Å². The van der Waals surface area contributed by atoms with Crippen LogP contribution in [-0.4, -0.2) is 34.1 Å². The summed E-state index contributed by atoms with van der Waals surface area (Å²) >= 11 is 0. The van der Waals surface area contributed by atoms with Crippen LogP contribution in [0.1, 0.15) is 23.3 Å². The minimum atomic E-state index is -0.285. The lowest BCUT2D eigenvalue weighted by atomic mass is 10.1. The molecule has 4 nitrogen and oxygen atoms in total. The molecule has 0 spiro atoms. The molecule has 1 saturated heterocycles. The van der Waals surface area contributed by atoms with Gasteiger partial charge in [0.1, 0.15) is 11.5 Å². The molecule has 1 aromatic heterocycles. The first-order valence-corrected chi connectivity index (χ1v) is 6.35. The lowest BCUT2D eigenvalue weighted by molar-refractivity contribution is 0.0787. The van der Waals surface area contributed by atoms with Gasteiger partial charge in [0.05, 0.1) is 5.69 Å². The standard InChI is InChI=1S/C14H14FN3O/c15-11-5-3-10(4-6-11)12-9-13(17-16-12)14(19)18-7-1-2-8-18/h3-6,9H,1-2,7-8H2,(H,16,17). The van der Waals surface area contributed by atoms with E-state index in [1.54, 1.807) is 18.2 Å². The predicted molar refractivity (Wildman–Crippen MR) is 69.1 cm³/mol. The van der Waals surface area contributed by atoms with E-state index in [9.17, 15) is 9.18 Å². The molecule has 0 radical (unpaired) electrons. The molecule has 0 aliphatic carbocycles. The topological polar surface area (TPSA) is 49.0 Å². The number of H-pyrrole nitrogens is 1. The van der Waals surface area contributed by atoms with Gasteiger partial charge in [-0.25, -0.2) is 4.39 Å². The lowest BCUT2D eigenvalue weighted by Gasteiger charge is -2.12. The van der Waals surface area contributed by atoms with Gasteiger partial charge in [0, 0.05) is 18.7 Å². The number of nitrogens with one attached hydrogen (secondary N) is 1. The van der Waals surface area contributed by atoms with Crippen molar-refractivity contribution in [3.8, 4) is 11.3 Å². The van der Waals surface area contributed by atoms with E-state index in [1.807, 2.05) is 4.90 Å². The van der Waals surface area contributed by atoms with E-state index in [2.05, 4.69) is 10.2 Å². The molecule has 1 N–H and O–H groups in total. The highest BCUT2D eigenvalue weighted by molar-refractivity contribution is 5.93. The maximum absolute atomic E-state index is 12.9. The molecular formula is C14H14FN3O. The highest BCUT2D eigenvalue weighted by Gasteiger charge is 2.21. The summed E-state index contributed by atoms with van der Waals surface area (Å²) in [6.45, 7) is 1.62. The maximum atomic E-state index is 12.9. The van der Waals surface area contributed by atoms with Gasteiger partial charge >= 0.3 is 0 Å². The van der Waals surface area contributed by atoms with Crippen molar-refractivity contribution in [3.05, 3.63) is 41.8 Å². The Morgan fingerprint density at radius 3 is 2.58 bits per heavy atom. The van der Waals surface area contributed by atoms with Gasteiger partial charge in [0.2, 0.25) is 0 Å². The summed E-state index contributed by atoms with van der Waals surface area (Å²) in [5.41, 5.74) is 1.93. The zero-order chi connectivity index (χ0) is 13.2. The molecule has 5 heteroatoms. The Labute approximate surface area is 110 Å². The first-order valence-electron chi connectivity index (χ1n) is 6.35. The molecular weight excluding hydrogens is 245 g/mol. The van der Waals surface area contributed by atoms with Crippen LogP contribution in [0.5, 0.6) is 0 Å². The fourth-order valence-corrected chi connectivity index (χ4v) is 2.29. The molecule has 2 aromatic rings. The highest BCUT2D eigenvalue weighted by Crippen LogP contribution is 2.19. The Balaban J connectivity index is 1.82. The van der Waals surface area contributed by atoms with Gasteiger partial charge in [-0.2, -0.15) is 5.10 Å². The van der Waals surface area contributed by atoms with Gasteiger partial charge in [-0.15, -0.1) is 0 Å². The number of aromatic nitrogens is 2. The summed E-state index contributed by atoms with van der Waals surface area (Å²) in [4.78, 5) is 14.0. The van der Waals surface area contributed by atoms with E-state index in [0.29, 0.717) is 11.4 Å². The average molecular weight is 259 g/mol. The van der Waals surface area contributed by atoms with E-state index in [1.165, 1.54) is 12.1 Å². The number of amides is 1. The van der Waals surface area contributed by atoms with Crippen molar-refractivity contribution in [1.29, 1.82) is 0 Å². The first kappa shape index (κ1) is 11.9. The highest BCUT2D eigenvalue weighted by atomic mass is 19.1. The third-order valence-corrected chi connectivity index (χ3v) is 3.34. The van der Waals surface area contributed by atoms with Crippen LogP contribution in [0.3, 0.4) is 0 Å². The second-order valence-electron chi connectivity index (χ2n) is 4.67. The largest absolute Gasteiger partial charge is 0.337 e. The monoisotopic (exact) mass is 259 g/mol. The number of likely N-dealkylation sites (tertiary alicyclic amines) is 1. The van der Waals surface area contributed by atoms with Gasteiger partial charge < -0.3 is 4.90 Å². The Hall–Kier alpha value is -2.17. The molecule has 1 aliphatic heterocycles. The number of rotatable bonds is 2. The molecule has 19 heavy (non-hydrogen) atoms. The van der Waals surface area contributed by atoms with Crippen LogP contribution in [0.4, 0.5) is 4.39 Å². The summed E-state index contributed by atoms with van der Waals surface area (Å²) in [5, 5.41) is 6.87. The van der Waals surface area contributed by atoms with E-state index in [4.69, 9.17) is 0 Å². The number of hydrogen-bond acceptors (Lipinski definition) is 2. The molecule has 1 fully saturated rings. The summed E-state index contributed by atoms with van der Waals surface area (Å²) in [6.07, 6.45) is 2.12.